The molecule has 1 unspecified atom stereocenters. The molecule has 0 aliphatic carbocycles. The van der Waals surface area contributed by atoms with E-state index in [0.29, 0.717) is 35.2 Å². The maximum absolute atomic E-state index is 13.0. The standard InChI is InChI=1S/C27H25ClN6O3/c28-21-16-18(34-12-14-36-15-13-34)10-11-19(21)24(29)37-27(30)33-25-26(35)31-22-9-5-4-8-20(22)23(32-25)17-6-2-1-3-7-17/h1-11,16,25,29H,12-15H2,(H2,30,33)(H,31,35). The number of nitrogens with one attached hydrogen (secondary N) is 4. The van der Waals surface area contributed by atoms with Gasteiger partial charge >= 0.3 is 0 Å². The summed E-state index contributed by atoms with van der Waals surface area (Å²) in [7, 11) is 0. The van der Waals surface area contributed by atoms with Crippen molar-refractivity contribution < 1.29 is 14.3 Å². The number of halogens is 1. The maximum atomic E-state index is 13.0. The molecule has 9 nitrogen and oxygen atoms in total. The van der Waals surface area contributed by atoms with E-state index in [2.05, 4.69) is 20.5 Å². The third-order valence-electron chi connectivity index (χ3n) is 6.04. The Labute approximate surface area is 219 Å². The first-order valence-corrected chi connectivity index (χ1v) is 12.1. The van der Waals surface area contributed by atoms with Crippen LogP contribution in [0.25, 0.3) is 0 Å². The second-order valence-electron chi connectivity index (χ2n) is 8.45. The number of para-hydroxylation sites is 1. The minimum absolute atomic E-state index is 0.319. The Kier molecular flexibility index (Phi) is 7.16. The molecule has 4 N–H and O–H groups in total. The van der Waals surface area contributed by atoms with Gasteiger partial charge in [0.1, 0.15) is 0 Å². The molecule has 0 radical (unpaired) electrons. The zero-order valence-corrected chi connectivity index (χ0v) is 20.6. The molecule has 2 aliphatic heterocycles. The number of rotatable bonds is 4. The fourth-order valence-electron chi connectivity index (χ4n) is 4.20. The quantitative estimate of drug-likeness (QED) is 0.310. The van der Waals surface area contributed by atoms with Crippen molar-refractivity contribution in [3.63, 3.8) is 0 Å². The monoisotopic (exact) mass is 516 g/mol. The Morgan fingerprint density at radius 2 is 1.78 bits per heavy atom. The first-order chi connectivity index (χ1) is 18.0. The molecule has 0 bridgehead atoms. The number of morpholine rings is 1. The van der Waals surface area contributed by atoms with Crippen molar-refractivity contribution in [3.05, 3.63) is 94.5 Å². The van der Waals surface area contributed by atoms with Crippen LogP contribution in [0.3, 0.4) is 0 Å². The van der Waals surface area contributed by atoms with Gasteiger partial charge in [0.15, 0.2) is 0 Å². The molecule has 0 aromatic heterocycles. The Balaban J connectivity index is 1.32. The minimum Gasteiger partial charge on any atom is -0.407 e. The van der Waals surface area contributed by atoms with E-state index in [1.165, 1.54) is 0 Å². The number of fused-ring (bicyclic) bond motifs is 1. The van der Waals surface area contributed by atoms with Gasteiger partial charge in [0.25, 0.3) is 11.9 Å². The molecule has 0 spiro atoms. The van der Waals surface area contributed by atoms with E-state index in [1.807, 2.05) is 54.6 Å². The minimum atomic E-state index is -1.15. The summed E-state index contributed by atoms with van der Waals surface area (Å²) in [6, 6.07) is 21.7. The topological polar surface area (TPSA) is 123 Å². The highest BCUT2D eigenvalue weighted by Crippen LogP contribution is 2.26. The lowest BCUT2D eigenvalue weighted by molar-refractivity contribution is -0.117. The Morgan fingerprint density at radius 3 is 2.54 bits per heavy atom. The molecule has 188 valence electrons. The van der Waals surface area contributed by atoms with Crippen LogP contribution in [0.5, 0.6) is 0 Å². The van der Waals surface area contributed by atoms with Crippen molar-refractivity contribution >= 4 is 46.5 Å². The summed E-state index contributed by atoms with van der Waals surface area (Å²) in [5.41, 5.74) is 4.06. The fraction of sp³-hybridized carbons (Fsp3) is 0.185. The summed E-state index contributed by atoms with van der Waals surface area (Å²) in [4.78, 5) is 19.7. The smallest absolute Gasteiger partial charge is 0.290 e. The number of carbonyl (C=O) groups is 1. The predicted octanol–water partition coefficient (Wildman–Crippen LogP) is 3.86. The summed E-state index contributed by atoms with van der Waals surface area (Å²) < 4.78 is 10.8. The number of amides is 1. The van der Waals surface area contributed by atoms with Crippen LogP contribution < -0.4 is 15.5 Å². The number of anilines is 2. The van der Waals surface area contributed by atoms with E-state index in [-0.39, 0.29) is 5.90 Å². The number of benzodiazepines with no additional fused rings is 1. The molecular formula is C27H25ClN6O3. The summed E-state index contributed by atoms with van der Waals surface area (Å²) in [5, 5.41) is 22.5. The first-order valence-electron chi connectivity index (χ1n) is 11.8. The molecular weight excluding hydrogens is 492 g/mol. The molecule has 0 saturated carbocycles. The van der Waals surface area contributed by atoms with Gasteiger partial charge in [-0.1, -0.05) is 60.1 Å². The SMILES string of the molecule is N=C(NC1N=C(c2ccccc2)c2ccccc2NC1=O)OC(=N)c1ccc(N2CCOCC2)cc1Cl. The average molecular weight is 517 g/mol. The lowest BCUT2D eigenvalue weighted by atomic mass is 10.0. The Morgan fingerprint density at radius 1 is 1.05 bits per heavy atom. The van der Waals surface area contributed by atoms with E-state index < -0.39 is 18.1 Å². The molecule has 1 amide bonds. The van der Waals surface area contributed by atoms with Crippen molar-refractivity contribution in [2.45, 2.75) is 6.17 Å². The van der Waals surface area contributed by atoms with Crippen molar-refractivity contribution in [2.75, 3.05) is 36.5 Å². The van der Waals surface area contributed by atoms with Gasteiger partial charge in [-0.25, -0.2) is 4.99 Å². The molecule has 3 aromatic rings. The van der Waals surface area contributed by atoms with Crippen molar-refractivity contribution in [2.24, 2.45) is 4.99 Å². The first kappa shape index (κ1) is 24.5. The fourth-order valence-corrected chi connectivity index (χ4v) is 4.46. The third kappa shape index (κ3) is 5.47. The molecule has 3 aromatic carbocycles. The molecule has 37 heavy (non-hydrogen) atoms. The zero-order valence-electron chi connectivity index (χ0n) is 19.8. The number of nitrogens with zero attached hydrogens (tertiary/aromatic N) is 2. The van der Waals surface area contributed by atoms with Crippen molar-refractivity contribution in [1.29, 1.82) is 10.8 Å². The van der Waals surface area contributed by atoms with E-state index >= 15 is 0 Å². The van der Waals surface area contributed by atoms with Crippen molar-refractivity contribution in [3.8, 4) is 0 Å². The van der Waals surface area contributed by atoms with E-state index in [0.717, 1.165) is 29.9 Å². The highest BCUT2D eigenvalue weighted by atomic mass is 35.5. The predicted molar refractivity (Wildman–Crippen MR) is 144 cm³/mol. The molecule has 1 fully saturated rings. The van der Waals surface area contributed by atoms with Crippen LogP contribution in [0, 0.1) is 10.8 Å². The third-order valence-corrected chi connectivity index (χ3v) is 6.35. The molecule has 10 heteroatoms. The lowest BCUT2D eigenvalue weighted by Crippen LogP contribution is -2.43. The zero-order chi connectivity index (χ0) is 25.8. The summed E-state index contributed by atoms with van der Waals surface area (Å²) >= 11 is 6.45. The molecule has 1 saturated heterocycles. The van der Waals surface area contributed by atoms with Gasteiger partial charge < -0.3 is 25.0 Å². The Bertz CT molecular complexity index is 1370. The highest BCUT2D eigenvalue weighted by molar-refractivity contribution is 6.34. The van der Waals surface area contributed by atoms with Crippen LogP contribution in [0.2, 0.25) is 5.02 Å². The molecule has 2 heterocycles. The average Bonchev–Trinajstić information content (AvgIpc) is 3.05. The van der Waals surface area contributed by atoms with Crippen LogP contribution in [0.1, 0.15) is 16.7 Å². The molecule has 1 atom stereocenters. The number of hydrogen-bond acceptors (Lipinski definition) is 7. The number of ether oxygens (including phenoxy) is 2. The van der Waals surface area contributed by atoms with E-state index in [4.69, 9.17) is 31.9 Å². The van der Waals surface area contributed by atoms with Crippen LogP contribution in [0.4, 0.5) is 11.4 Å². The van der Waals surface area contributed by atoms with Crippen LogP contribution in [0.15, 0.2) is 77.8 Å². The summed E-state index contributed by atoms with van der Waals surface area (Å²) in [6.45, 7) is 2.82. The van der Waals surface area contributed by atoms with Crippen LogP contribution in [-0.2, 0) is 14.3 Å². The van der Waals surface area contributed by atoms with Crippen LogP contribution >= 0.6 is 11.6 Å². The lowest BCUT2D eigenvalue weighted by Gasteiger charge is -2.29. The van der Waals surface area contributed by atoms with Crippen LogP contribution in [-0.4, -0.2) is 56.0 Å². The van der Waals surface area contributed by atoms with Gasteiger partial charge in [-0.05, 0) is 24.3 Å². The summed E-state index contributed by atoms with van der Waals surface area (Å²) in [5.74, 6) is -0.772. The van der Waals surface area contributed by atoms with Gasteiger partial charge in [0, 0.05) is 29.9 Å². The second-order valence-corrected chi connectivity index (χ2v) is 8.86. The van der Waals surface area contributed by atoms with Gasteiger partial charge in [0.05, 0.1) is 35.2 Å². The number of hydrogen-bond donors (Lipinski definition) is 4. The van der Waals surface area contributed by atoms with E-state index in [1.54, 1.807) is 18.2 Å². The summed E-state index contributed by atoms with van der Waals surface area (Å²) in [6.07, 6.45) is -1.15. The van der Waals surface area contributed by atoms with Gasteiger partial charge in [-0.15, -0.1) is 0 Å². The number of amidine groups is 1. The Hall–Kier alpha value is -4.21. The second kappa shape index (κ2) is 10.8. The molecule has 5 rings (SSSR count). The van der Waals surface area contributed by atoms with E-state index in [9.17, 15) is 4.79 Å². The normalized spacial score (nSPS) is 17.1. The van der Waals surface area contributed by atoms with Crippen molar-refractivity contribution in [1.82, 2.24) is 5.32 Å². The molecule has 2 aliphatic rings. The van der Waals surface area contributed by atoms with Gasteiger partial charge in [0.2, 0.25) is 12.1 Å². The largest absolute Gasteiger partial charge is 0.407 e. The maximum Gasteiger partial charge on any atom is 0.290 e. The number of aliphatic imine (C=N–C) groups is 1. The van der Waals surface area contributed by atoms with Gasteiger partial charge in [-0.2, -0.15) is 0 Å². The number of benzene rings is 3. The number of carbonyl (C=O) groups excluding carboxylic acids is 1. The van der Waals surface area contributed by atoms with Gasteiger partial charge in [-0.3, -0.25) is 15.6 Å². The highest BCUT2D eigenvalue weighted by Gasteiger charge is 2.27.